The lowest BCUT2D eigenvalue weighted by Crippen LogP contribution is -2.15. The molecule has 0 atom stereocenters. The Labute approximate surface area is 376 Å². The molecule has 1 aliphatic rings. The van der Waals surface area contributed by atoms with E-state index in [9.17, 15) is 0 Å². The predicted molar refractivity (Wildman–Crippen MR) is 268 cm³/mol. The summed E-state index contributed by atoms with van der Waals surface area (Å²) < 4.78 is 4.82. The molecule has 0 unspecified atom stereocenters. The summed E-state index contributed by atoms with van der Waals surface area (Å²) in [6.07, 6.45) is 0. The van der Waals surface area contributed by atoms with Gasteiger partial charge < -0.3 is 9.13 Å². The number of nitrogens with zero attached hydrogens (tertiary/aromatic N) is 5. The standard InChI is InChI=1S/C60H41N5/c1-60(2)51-31-26-42(59-62-57(38-16-6-3-7-17-38)61-58(63-59)39-18-8-4-9-19-39)36-48(51)45-30-29-44(37-52(45)60)65-54-25-15-13-23-47(54)50-35-41(28-33-56(50)65)40-27-32-55-49(34-40)46-22-12-14-24-53(46)64(55)43-20-10-5-11-21-43/h3-37H,1-2H3. The van der Waals surface area contributed by atoms with Crippen molar-refractivity contribution < 1.29 is 0 Å². The summed E-state index contributed by atoms with van der Waals surface area (Å²) in [4.78, 5) is 15.1. The second-order valence-corrected chi connectivity index (χ2v) is 17.7. The number of aromatic nitrogens is 5. The molecule has 12 aromatic rings. The number of benzene rings is 9. The third-order valence-corrected chi connectivity index (χ3v) is 13.6. The topological polar surface area (TPSA) is 48.5 Å². The molecule has 5 heteroatoms. The first-order chi connectivity index (χ1) is 32.0. The first-order valence-corrected chi connectivity index (χ1v) is 22.3. The molecule has 0 bridgehead atoms. The SMILES string of the molecule is CC1(C)c2ccc(-c3nc(-c4ccccc4)nc(-c4ccccc4)n3)cc2-c2ccc(-n3c4ccccc4c4cc(-c5ccc6c(c5)c5ccccc5n6-c5ccccc5)ccc43)cc21. The Morgan fingerprint density at radius 2 is 0.769 bits per heavy atom. The van der Waals surface area contributed by atoms with Crippen LogP contribution in [0.2, 0.25) is 0 Å². The van der Waals surface area contributed by atoms with Crippen LogP contribution in [0, 0.1) is 0 Å². The molecule has 306 valence electrons. The van der Waals surface area contributed by atoms with E-state index < -0.39 is 0 Å². The van der Waals surface area contributed by atoms with Crippen LogP contribution < -0.4 is 0 Å². The van der Waals surface area contributed by atoms with Crippen LogP contribution in [0.3, 0.4) is 0 Å². The van der Waals surface area contributed by atoms with Gasteiger partial charge in [-0.15, -0.1) is 0 Å². The van der Waals surface area contributed by atoms with E-state index in [2.05, 4.69) is 199 Å². The molecule has 0 N–H and O–H groups in total. The van der Waals surface area contributed by atoms with Gasteiger partial charge in [0, 0.05) is 55.0 Å². The largest absolute Gasteiger partial charge is 0.309 e. The lowest BCUT2D eigenvalue weighted by Gasteiger charge is -2.22. The fourth-order valence-corrected chi connectivity index (χ4v) is 10.4. The highest BCUT2D eigenvalue weighted by molar-refractivity contribution is 6.12. The van der Waals surface area contributed by atoms with Gasteiger partial charge in [0.1, 0.15) is 0 Å². The van der Waals surface area contributed by atoms with E-state index >= 15 is 0 Å². The molecule has 3 aromatic heterocycles. The van der Waals surface area contributed by atoms with Gasteiger partial charge in [-0.25, -0.2) is 15.0 Å². The maximum Gasteiger partial charge on any atom is 0.164 e. The molecule has 65 heavy (non-hydrogen) atoms. The lowest BCUT2D eigenvalue weighted by molar-refractivity contribution is 0.660. The van der Waals surface area contributed by atoms with Crippen LogP contribution in [-0.4, -0.2) is 24.1 Å². The van der Waals surface area contributed by atoms with Crippen molar-refractivity contribution in [1.29, 1.82) is 0 Å². The van der Waals surface area contributed by atoms with Gasteiger partial charge in [0.15, 0.2) is 17.5 Å². The zero-order valence-electron chi connectivity index (χ0n) is 35.9. The van der Waals surface area contributed by atoms with Gasteiger partial charge in [-0.1, -0.05) is 159 Å². The summed E-state index contributed by atoms with van der Waals surface area (Å²) in [6.45, 7) is 4.69. The molecule has 13 rings (SSSR count). The van der Waals surface area contributed by atoms with Crippen molar-refractivity contribution in [1.82, 2.24) is 24.1 Å². The highest BCUT2D eigenvalue weighted by Crippen LogP contribution is 2.51. The average molecular weight is 832 g/mol. The minimum Gasteiger partial charge on any atom is -0.309 e. The zero-order chi connectivity index (χ0) is 43.2. The van der Waals surface area contributed by atoms with Gasteiger partial charge in [-0.2, -0.15) is 0 Å². The molecular formula is C60H41N5. The van der Waals surface area contributed by atoms with Crippen molar-refractivity contribution in [2.24, 2.45) is 0 Å². The van der Waals surface area contributed by atoms with Gasteiger partial charge in [0.25, 0.3) is 0 Å². The Hall–Kier alpha value is -8.41. The van der Waals surface area contributed by atoms with E-state index in [0.29, 0.717) is 17.5 Å². The molecule has 1 aliphatic carbocycles. The Bertz CT molecular complexity index is 3790. The van der Waals surface area contributed by atoms with E-state index in [1.54, 1.807) is 0 Å². The van der Waals surface area contributed by atoms with E-state index in [-0.39, 0.29) is 5.41 Å². The summed E-state index contributed by atoms with van der Waals surface area (Å²) in [5, 5.41) is 4.98. The third kappa shape index (κ3) is 5.82. The van der Waals surface area contributed by atoms with Gasteiger partial charge in [0.05, 0.1) is 22.1 Å². The third-order valence-electron chi connectivity index (χ3n) is 13.6. The second-order valence-electron chi connectivity index (χ2n) is 17.7. The molecule has 0 saturated carbocycles. The Morgan fingerprint density at radius 3 is 1.34 bits per heavy atom. The summed E-state index contributed by atoms with van der Waals surface area (Å²) in [6, 6.07) is 76.2. The number of hydrogen-bond acceptors (Lipinski definition) is 3. The molecule has 9 aromatic carbocycles. The first kappa shape index (κ1) is 37.2. The summed E-state index contributed by atoms with van der Waals surface area (Å²) >= 11 is 0. The minimum atomic E-state index is -0.225. The van der Waals surface area contributed by atoms with Crippen LogP contribution in [0.4, 0.5) is 0 Å². The van der Waals surface area contributed by atoms with Crippen molar-refractivity contribution >= 4 is 43.6 Å². The molecule has 0 spiro atoms. The van der Waals surface area contributed by atoms with Crippen molar-refractivity contribution in [3.05, 3.63) is 223 Å². The van der Waals surface area contributed by atoms with Crippen molar-refractivity contribution in [2.45, 2.75) is 19.3 Å². The molecule has 0 fully saturated rings. The van der Waals surface area contributed by atoms with Crippen molar-refractivity contribution in [2.75, 3.05) is 0 Å². The quantitative estimate of drug-likeness (QED) is 0.168. The van der Waals surface area contributed by atoms with Crippen molar-refractivity contribution in [3.8, 4) is 67.8 Å². The summed E-state index contributed by atoms with van der Waals surface area (Å²) in [7, 11) is 0. The minimum absolute atomic E-state index is 0.225. The van der Waals surface area contributed by atoms with Crippen LogP contribution in [0.15, 0.2) is 212 Å². The molecule has 0 radical (unpaired) electrons. The average Bonchev–Trinajstić information content (AvgIpc) is 3.96. The van der Waals surface area contributed by atoms with E-state index in [0.717, 1.165) is 22.4 Å². The molecule has 5 nitrogen and oxygen atoms in total. The normalized spacial score (nSPS) is 12.9. The maximum absolute atomic E-state index is 5.06. The fourth-order valence-electron chi connectivity index (χ4n) is 10.4. The van der Waals surface area contributed by atoms with Crippen LogP contribution in [-0.2, 0) is 5.41 Å². The van der Waals surface area contributed by atoms with E-state index in [4.69, 9.17) is 15.0 Å². The smallest absolute Gasteiger partial charge is 0.164 e. The second kappa shape index (κ2) is 14.3. The summed E-state index contributed by atoms with van der Waals surface area (Å²) in [5.74, 6) is 1.98. The highest BCUT2D eigenvalue weighted by Gasteiger charge is 2.36. The molecule has 3 heterocycles. The van der Waals surface area contributed by atoms with Crippen LogP contribution in [0.25, 0.3) is 111 Å². The fraction of sp³-hybridized carbons (Fsp3) is 0.0500. The van der Waals surface area contributed by atoms with E-state index in [1.165, 1.54) is 82.7 Å². The van der Waals surface area contributed by atoms with Crippen LogP contribution in [0.1, 0.15) is 25.0 Å². The van der Waals surface area contributed by atoms with Gasteiger partial charge in [-0.05, 0) is 100 Å². The first-order valence-electron chi connectivity index (χ1n) is 22.3. The van der Waals surface area contributed by atoms with Gasteiger partial charge >= 0.3 is 0 Å². The Morgan fingerprint density at radius 1 is 0.308 bits per heavy atom. The molecule has 0 amide bonds. The number of rotatable bonds is 6. The monoisotopic (exact) mass is 831 g/mol. The number of hydrogen-bond donors (Lipinski definition) is 0. The maximum atomic E-state index is 5.06. The Balaban J connectivity index is 0.912. The summed E-state index contributed by atoms with van der Waals surface area (Å²) in [5.41, 5.74) is 17.2. The molecule has 0 aliphatic heterocycles. The van der Waals surface area contributed by atoms with E-state index in [1.807, 2.05) is 36.4 Å². The molecular weight excluding hydrogens is 791 g/mol. The zero-order valence-corrected chi connectivity index (χ0v) is 35.9. The van der Waals surface area contributed by atoms with Crippen molar-refractivity contribution in [3.63, 3.8) is 0 Å². The van der Waals surface area contributed by atoms with Gasteiger partial charge in [-0.3, -0.25) is 0 Å². The number of para-hydroxylation sites is 3. The van der Waals surface area contributed by atoms with Gasteiger partial charge in [0.2, 0.25) is 0 Å². The Kier molecular flexibility index (Phi) is 8.18. The lowest BCUT2D eigenvalue weighted by atomic mass is 9.82. The van der Waals surface area contributed by atoms with Crippen LogP contribution >= 0.6 is 0 Å². The van der Waals surface area contributed by atoms with Crippen LogP contribution in [0.5, 0.6) is 0 Å². The molecule has 0 saturated heterocycles. The predicted octanol–water partition coefficient (Wildman–Crippen LogP) is 15.0. The number of fused-ring (bicyclic) bond motifs is 9. The highest BCUT2D eigenvalue weighted by atomic mass is 15.0.